The highest BCUT2D eigenvalue weighted by Gasteiger charge is 2.14. The summed E-state index contributed by atoms with van der Waals surface area (Å²) in [7, 11) is 0.00769. The Bertz CT molecular complexity index is 123. The second-order valence-corrected chi connectivity index (χ2v) is 5.59. The van der Waals surface area contributed by atoms with Crippen LogP contribution >= 0.6 is 10.9 Å². The van der Waals surface area contributed by atoms with E-state index in [-0.39, 0.29) is 16.3 Å². The van der Waals surface area contributed by atoms with E-state index >= 15 is 0 Å². The van der Waals surface area contributed by atoms with Crippen LogP contribution in [0.4, 0.5) is 0 Å². The summed E-state index contributed by atoms with van der Waals surface area (Å²) in [5, 5.41) is 2.95. The van der Waals surface area contributed by atoms with Crippen molar-refractivity contribution >= 4 is 17.3 Å². The summed E-state index contributed by atoms with van der Waals surface area (Å²) in [6, 6.07) is 0. The van der Waals surface area contributed by atoms with Gasteiger partial charge in [0.2, 0.25) is 6.41 Å². The van der Waals surface area contributed by atoms with Crippen LogP contribution in [-0.2, 0) is 4.79 Å². The highest BCUT2D eigenvalue weighted by atomic mass is 32.2. The Morgan fingerprint density at radius 1 is 1.36 bits per heavy atom. The van der Waals surface area contributed by atoms with Crippen LogP contribution in [0.15, 0.2) is 0 Å². The molecule has 0 spiro atoms. The molecule has 3 heteroatoms. The Kier molecular flexibility index (Phi) is 3.77. The third-order valence-electron chi connectivity index (χ3n) is 2.09. The summed E-state index contributed by atoms with van der Waals surface area (Å²) in [6.07, 6.45) is 4.80. The molecule has 0 bridgehead atoms. The lowest BCUT2D eigenvalue weighted by Crippen LogP contribution is -2.28. The fourth-order valence-electron chi connectivity index (χ4n) is 1.41. The molecule has 1 atom stereocenters. The Balaban J connectivity index is 2.26. The highest BCUT2D eigenvalue weighted by molar-refractivity contribution is 8.17. The van der Waals surface area contributed by atoms with Gasteiger partial charge >= 0.3 is 0 Å². The zero-order valence-electron chi connectivity index (χ0n) is 6.75. The fraction of sp³-hybridized carbons (Fsp3) is 0.750. The third-order valence-corrected chi connectivity index (χ3v) is 4.90. The summed E-state index contributed by atoms with van der Waals surface area (Å²) >= 11 is 0. The lowest BCUT2D eigenvalue weighted by molar-refractivity contribution is -0.109. The van der Waals surface area contributed by atoms with Crippen LogP contribution in [-0.4, -0.2) is 23.3 Å². The first-order valence-electron chi connectivity index (χ1n) is 4.11. The van der Waals surface area contributed by atoms with Crippen LogP contribution in [0.25, 0.3) is 0 Å². The van der Waals surface area contributed by atoms with Gasteiger partial charge in [0.25, 0.3) is 0 Å². The topological polar surface area (TPSA) is 29.1 Å². The SMILES string of the molecule is [CH2]C(NC=O)[SH]1CCCCC1. The lowest BCUT2D eigenvalue weighted by atomic mass is 10.3. The van der Waals surface area contributed by atoms with Crippen molar-refractivity contribution in [2.45, 2.75) is 24.6 Å². The molecule has 0 aliphatic carbocycles. The normalized spacial score (nSPS) is 24.3. The predicted octanol–water partition coefficient (Wildman–Crippen LogP) is 1.08. The lowest BCUT2D eigenvalue weighted by Gasteiger charge is -2.31. The number of hydrogen-bond acceptors (Lipinski definition) is 1. The molecule has 65 valence electrons. The molecule has 0 aromatic rings. The minimum Gasteiger partial charge on any atom is -0.349 e. The van der Waals surface area contributed by atoms with Crippen LogP contribution in [0.2, 0.25) is 0 Å². The van der Waals surface area contributed by atoms with Crippen LogP contribution < -0.4 is 5.32 Å². The third kappa shape index (κ3) is 2.73. The summed E-state index contributed by atoms with van der Waals surface area (Å²) in [5.41, 5.74) is 0. The van der Waals surface area contributed by atoms with Gasteiger partial charge in [-0.3, -0.25) is 4.79 Å². The molecule has 1 radical (unpaired) electrons. The average molecular weight is 174 g/mol. The molecule has 0 aromatic heterocycles. The van der Waals surface area contributed by atoms with Gasteiger partial charge in [-0.05, 0) is 31.3 Å². The van der Waals surface area contributed by atoms with Crippen LogP contribution in [0.3, 0.4) is 0 Å². The summed E-state index contributed by atoms with van der Waals surface area (Å²) < 4.78 is 0. The van der Waals surface area contributed by atoms with Crippen molar-refractivity contribution in [2.75, 3.05) is 11.5 Å². The Morgan fingerprint density at radius 3 is 2.55 bits per heavy atom. The van der Waals surface area contributed by atoms with E-state index in [1.54, 1.807) is 0 Å². The maximum atomic E-state index is 10.1. The molecular formula is C8H16NOS. The fourth-order valence-corrected chi connectivity index (χ4v) is 3.79. The van der Waals surface area contributed by atoms with E-state index in [4.69, 9.17) is 0 Å². The van der Waals surface area contributed by atoms with Crippen molar-refractivity contribution in [2.24, 2.45) is 0 Å². The molecule has 1 rings (SSSR count). The standard InChI is InChI=1S/C8H16NOS/c1-8(9-7-10)11-5-3-2-4-6-11/h7-8,11H,1-6H2,(H,9,10). The van der Waals surface area contributed by atoms with Gasteiger partial charge in [0.15, 0.2) is 0 Å². The number of rotatable bonds is 3. The molecule has 0 saturated carbocycles. The van der Waals surface area contributed by atoms with Crippen molar-refractivity contribution in [3.8, 4) is 0 Å². The van der Waals surface area contributed by atoms with Crippen LogP contribution in [0, 0.1) is 6.92 Å². The van der Waals surface area contributed by atoms with Crippen molar-refractivity contribution in [1.29, 1.82) is 0 Å². The van der Waals surface area contributed by atoms with Crippen LogP contribution in [0.1, 0.15) is 19.3 Å². The Morgan fingerprint density at radius 2 is 2.00 bits per heavy atom. The Labute approximate surface area is 71.1 Å². The smallest absolute Gasteiger partial charge is 0.207 e. The molecule has 1 aliphatic rings. The molecule has 1 N–H and O–H groups in total. The molecule has 1 fully saturated rings. The van der Waals surface area contributed by atoms with Gasteiger partial charge in [0.05, 0.1) is 5.37 Å². The minimum atomic E-state index is 0.00769. The second kappa shape index (κ2) is 4.65. The number of nitrogens with one attached hydrogen (secondary N) is 1. The first-order valence-corrected chi connectivity index (χ1v) is 5.89. The zero-order chi connectivity index (χ0) is 8.10. The van der Waals surface area contributed by atoms with E-state index < -0.39 is 0 Å². The number of thiol groups is 1. The Hall–Kier alpha value is -0.180. The molecule has 1 saturated heterocycles. The minimum absolute atomic E-state index is 0.00769. The predicted molar refractivity (Wildman–Crippen MR) is 50.9 cm³/mol. The number of amides is 1. The van der Waals surface area contributed by atoms with Crippen LogP contribution in [0.5, 0.6) is 0 Å². The number of hydrogen-bond donors (Lipinski definition) is 2. The maximum absolute atomic E-state index is 10.1. The van der Waals surface area contributed by atoms with Gasteiger partial charge < -0.3 is 5.32 Å². The van der Waals surface area contributed by atoms with Gasteiger partial charge in [-0.25, -0.2) is 10.9 Å². The number of carbonyl (C=O) groups excluding carboxylic acids is 1. The van der Waals surface area contributed by atoms with Crippen molar-refractivity contribution in [3.63, 3.8) is 0 Å². The first-order chi connectivity index (χ1) is 5.34. The second-order valence-electron chi connectivity index (χ2n) is 2.90. The monoisotopic (exact) mass is 174 g/mol. The summed E-state index contributed by atoms with van der Waals surface area (Å²) in [5.74, 6) is 2.59. The largest absolute Gasteiger partial charge is 0.349 e. The molecule has 0 aromatic carbocycles. The quantitative estimate of drug-likeness (QED) is 0.486. The molecule has 1 aliphatic heterocycles. The van der Waals surface area contributed by atoms with Crippen molar-refractivity contribution < 1.29 is 4.79 Å². The summed E-state index contributed by atoms with van der Waals surface area (Å²) in [6.45, 7) is 3.94. The van der Waals surface area contributed by atoms with Gasteiger partial charge in [0, 0.05) is 0 Å². The first kappa shape index (κ1) is 8.91. The zero-order valence-corrected chi connectivity index (χ0v) is 7.65. The van der Waals surface area contributed by atoms with Gasteiger partial charge in [-0.2, -0.15) is 0 Å². The average Bonchev–Trinajstić information content (AvgIpc) is 2.07. The van der Waals surface area contributed by atoms with E-state index in [9.17, 15) is 4.79 Å². The van der Waals surface area contributed by atoms with Crippen molar-refractivity contribution in [3.05, 3.63) is 6.92 Å². The van der Waals surface area contributed by atoms with E-state index in [0.717, 1.165) is 6.41 Å². The van der Waals surface area contributed by atoms with E-state index in [0.29, 0.717) is 0 Å². The highest BCUT2D eigenvalue weighted by Crippen LogP contribution is 2.35. The van der Waals surface area contributed by atoms with Gasteiger partial charge in [0.1, 0.15) is 0 Å². The van der Waals surface area contributed by atoms with E-state index in [2.05, 4.69) is 12.2 Å². The molecule has 2 nitrogen and oxygen atoms in total. The van der Waals surface area contributed by atoms with Gasteiger partial charge in [-0.15, -0.1) is 0 Å². The van der Waals surface area contributed by atoms with Gasteiger partial charge in [-0.1, -0.05) is 6.42 Å². The van der Waals surface area contributed by atoms with Crippen molar-refractivity contribution in [1.82, 2.24) is 5.32 Å². The van der Waals surface area contributed by atoms with E-state index in [1.807, 2.05) is 0 Å². The molecule has 1 amide bonds. The molecule has 1 heterocycles. The number of carbonyl (C=O) groups is 1. The maximum Gasteiger partial charge on any atom is 0.207 e. The van der Waals surface area contributed by atoms with E-state index in [1.165, 1.54) is 30.8 Å². The summed E-state index contributed by atoms with van der Waals surface area (Å²) in [4.78, 5) is 10.1. The molecular weight excluding hydrogens is 158 g/mol. The molecule has 11 heavy (non-hydrogen) atoms. The molecule has 1 unspecified atom stereocenters.